The topological polar surface area (TPSA) is 68.0 Å². The molecule has 134 valence electrons. The fraction of sp³-hybridized carbons (Fsp3) is 0.211. The van der Waals surface area contributed by atoms with Crippen LogP contribution in [0.15, 0.2) is 58.2 Å². The number of rotatable bonds is 6. The Kier molecular flexibility index (Phi) is 5.68. The van der Waals surface area contributed by atoms with Crippen LogP contribution in [0.5, 0.6) is 0 Å². The molecular formula is C19H18FN3O2S. The number of aryl methyl sites for hydroxylation is 1. The van der Waals surface area contributed by atoms with E-state index in [9.17, 15) is 9.18 Å². The highest BCUT2D eigenvalue weighted by Crippen LogP contribution is 2.24. The summed E-state index contributed by atoms with van der Waals surface area (Å²) < 4.78 is 18.1. The van der Waals surface area contributed by atoms with Gasteiger partial charge in [0.2, 0.25) is 0 Å². The predicted octanol–water partition coefficient (Wildman–Crippen LogP) is 4.30. The van der Waals surface area contributed by atoms with Crippen LogP contribution in [0.2, 0.25) is 0 Å². The largest absolute Gasteiger partial charge is 0.361 e. The third-order valence-corrected chi connectivity index (χ3v) is 4.81. The minimum atomic E-state index is -0.304. The number of halogens is 1. The van der Waals surface area contributed by atoms with Gasteiger partial charge in [0.05, 0.1) is 17.3 Å². The molecular weight excluding hydrogens is 353 g/mol. The third-order valence-electron chi connectivity index (χ3n) is 3.77. The Balaban J connectivity index is 1.69. The van der Waals surface area contributed by atoms with Crippen LogP contribution in [-0.2, 0) is 5.75 Å². The zero-order chi connectivity index (χ0) is 18.5. The van der Waals surface area contributed by atoms with E-state index in [2.05, 4.69) is 15.5 Å². The molecule has 0 bridgehead atoms. The quantitative estimate of drug-likeness (QED) is 0.654. The van der Waals surface area contributed by atoms with E-state index >= 15 is 0 Å². The molecule has 0 saturated heterocycles. The second-order valence-electron chi connectivity index (χ2n) is 5.82. The molecule has 3 aromatic rings. The molecule has 1 atom stereocenters. The fourth-order valence-corrected chi connectivity index (χ4v) is 3.29. The van der Waals surface area contributed by atoms with Gasteiger partial charge in [0, 0.05) is 18.0 Å². The number of nitrogens with one attached hydrogen (secondary N) is 1. The molecule has 3 rings (SSSR count). The number of amides is 1. The number of pyridine rings is 1. The molecule has 26 heavy (non-hydrogen) atoms. The van der Waals surface area contributed by atoms with Gasteiger partial charge in [0.1, 0.15) is 16.6 Å². The molecule has 0 aliphatic heterocycles. The van der Waals surface area contributed by atoms with Crippen LogP contribution in [0.3, 0.4) is 0 Å². The average molecular weight is 371 g/mol. The number of aromatic nitrogens is 2. The van der Waals surface area contributed by atoms with Crippen molar-refractivity contribution >= 4 is 17.7 Å². The molecule has 0 saturated carbocycles. The lowest BCUT2D eigenvalue weighted by Crippen LogP contribution is -2.27. The summed E-state index contributed by atoms with van der Waals surface area (Å²) in [4.78, 5) is 17.0. The summed E-state index contributed by atoms with van der Waals surface area (Å²) in [5.74, 6) is 0.769. The first-order valence-corrected chi connectivity index (χ1v) is 9.08. The number of carbonyl (C=O) groups is 1. The Labute approximate surface area is 155 Å². The van der Waals surface area contributed by atoms with Gasteiger partial charge in [-0.05, 0) is 43.7 Å². The highest BCUT2D eigenvalue weighted by molar-refractivity contribution is 7.98. The van der Waals surface area contributed by atoms with Crippen LogP contribution in [0.25, 0.3) is 0 Å². The van der Waals surface area contributed by atoms with E-state index in [1.54, 1.807) is 30.5 Å². The van der Waals surface area contributed by atoms with Crippen LogP contribution in [0.4, 0.5) is 4.39 Å². The highest BCUT2D eigenvalue weighted by atomic mass is 32.2. The van der Waals surface area contributed by atoms with Gasteiger partial charge in [0.15, 0.2) is 0 Å². The maximum absolute atomic E-state index is 13.0. The summed E-state index contributed by atoms with van der Waals surface area (Å²) in [6, 6.07) is 11.1. The van der Waals surface area contributed by atoms with Crippen LogP contribution >= 0.6 is 11.8 Å². The van der Waals surface area contributed by atoms with Crippen LogP contribution < -0.4 is 5.32 Å². The van der Waals surface area contributed by atoms with E-state index < -0.39 is 0 Å². The first kappa shape index (κ1) is 18.1. The van der Waals surface area contributed by atoms with E-state index in [0.717, 1.165) is 17.0 Å². The lowest BCUT2D eigenvalue weighted by Gasteiger charge is -2.15. The Morgan fingerprint density at radius 3 is 2.77 bits per heavy atom. The van der Waals surface area contributed by atoms with Gasteiger partial charge in [0.25, 0.3) is 5.91 Å². The lowest BCUT2D eigenvalue weighted by atomic mass is 10.1. The van der Waals surface area contributed by atoms with Crippen molar-refractivity contribution in [2.24, 2.45) is 0 Å². The normalized spacial score (nSPS) is 12.0. The van der Waals surface area contributed by atoms with Crippen molar-refractivity contribution < 1.29 is 13.7 Å². The van der Waals surface area contributed by atoms with Crippen molar-refractivity contribution in [1.82, 2.24) is 15.5 Å². The predicted molar refractivity (Wildman–Crippen MR) is 97.3 cm³/mol. The summed E-state index contributed by atoms with van der Waals surface area (Å²) in [5, 5.41) is 7.49. The van der Waals surface area contributed by atoms with Gasteiger partial charge >= 0.3 is 0 Å². The van der Waals surface area contributed by atoms with Crippen molar-refractivity contribution in [1.29, 1.82) is 0 Å². The standard InChI is InChI=1S/C19H18FN3O2S/c1-12-10-16(23-25-12)11-26-19-17(4-3-9-21-19)18(24)22-13(2)14-5-7-15(20)8-6-14/h3-10,13H,11H2,1-2H3,(H,22,24). The number of thioether (sulfide) groups is 1. The van der Waals surface area contributed by atoms with Gasteiger partial charge < -0.3 is 9.84 Å². The molecule has 1 aromatic carbocycles. The molecule has 2 heterocycles. The number of carbonyl (C=O) groups excluding carboxylic acids is 1. The van der Waals surface area contributed by atoms with Crippen molar-refractivity contribution in [3.05, 3.63) is 77.1 Å². The Bertz CT molecular complexity index is 896. The van der Waals surface area contributed by atoms with Gasteiger partial charge in [-0.25, -0.2) is 9.37 Å². The Hall–Kier alpha value is -2.67. The first-order chi connectivity index (χ1) is 12.5. The minimum absolute atomic E-state index is 0.228. The van der Waals surface area contributed by atoms with E-state index in [1.807, 2.05) is 19.9 Å². The van der Waals surface area contributed by atoms with E-state index in [4.69, 9.17) is 4.52 Å². The maximum atomic E-state index is 13.0. The van der Waals surface area contributed by atoms with Gasteiger partial charge in [-0.2, -0.15) is 0 Å². The van der Waals surface area contributed by atoms with Gasteiger partial charge in [-0.1, -0.05) is 29.1 Å². The minimum Gasteiger partial charge on any atom is -0.361 e. The molecule has 1 unspecified atom stereocenters. The first-order valence-electron chi connectivity index (χ1n) is 8.09. The molecule has 0 aliphatic carbocycles. The Morgan fingerprint density at radius 2 is 2.08 bits per heavy atom. The summed E-state index contributed by atoms with van der Waals surface area (Å²) in [6.07, 6.45) is 1.65. The molecule has 0 radical (unpaired) electrons. The number of hydrogen-bond donors (Lipinski definition) is 1. The molecule has 1 N–H and O–H groups in total. The second kappa shape index (κ2) is 8.14. The summed E-state index contributed by atoms with van der Waals surface area (Å²) >= 11 is 1.42. The summed E-state index contributed by atoms with van der Waals surface area (Å²) in [7, 11) is 0. The lowest BCUT2D eigenvalue weighted by molar-refractivity contribution is 0.0936. The molecule has 0 aliphatic rings. The van der Waals surface area contributed by atoms with Gasteiger partial charge in [-0.3, -0.25) is 4.79 Å². The maximum Gasteiger partial charge on any atom is 0.254 e. The zero-order valence-corrected chi connectivity index (χ0v) is 15.2. The molecule has 2 aromatic heterocycles. The fourth-order valence-electron chi connectivity index (χ4n) is 2.42. The van der Waals surface area contributed by atoms with E-state index in [1.165, 1.54) is 23.9 Å². The average Bonchev–Trinajstić information content (AvgIpc) is 3.06. The van der Waals surface area contributed by atoms with Crippen molar-refractivity contribution in [2.75, 3.05) is 0 Å². The zero-order valence-electron chi connectivity index (χ0n) is 14.4. The molecule has 5 nitrogen and oxygen atoms in total. The molecule has 0 spiro atoms. The van der Waals surface area contributed by atoms with Crippen molar-refractivity contribution in [3.8, 4) is 0 Å². The van der Waals surface area contributed by atoms with Crippen molar-refractivity contribution in [2.45, 2.75) is 30.7 Å². The molecule has 1 amide bonds. The van der Waals surface area contributed by atoms with Crippen LogP contribution in [0.1, 0.15) is 40.3 Å². The molecule has 0 fully saturated rings. The third kappa shape index (κ3) is 4.49. The SMILES string of the molecule is Cc1cc(CSc2ncccc2C(=O)NC(C)c2ccc(F)cc2)no1. The Morgan fingerprint density at radius 1 is 1.31 bits per heavy atom. The second-order valence-corrected chi connectivity index (χ2v) is 6.78. The van der Waals surface area contributed by atoms with Crippen molar-refractivity contribution in [3.63, 3.8) is 0 Å². The highest BCUT2D eigenvalue weighted by Gasteiger charge is 2.16. The van der Waals surface area contributed by atoms with Crippen LogP contribution in [-0.4, -0.2) is 16.0 Å². The van der Waals surface area contributed by atoms with E-state index in [-0.39, 0.29) is 17.8 Å². The van der Waals surface area contributed by atoms with Gasteiger partial charge in [-0.15, -0.1) is 0 Å². The molecule has 7 heteroatoms. The summed E-state index contributed by atoms with van der Waals surface area (Å²) in [6.45, 7) is 3.68. The van der Waals surface area contributed by atoms with E-state index in [0.29, 0.717) is 16.3 Å². The summed E-state index contributed by atoms with van der Waals surface area (Å²) in [5.41, 5.74) is 2.12. The van der Waals surface area contributed by atoms with Crippen LogP contribution in [0, 0.1) is 12.7 Å². The smallest absolute Gasteiger partial charge is 0.254 e. The number of hydrogen-bond acceptors (Lipinski definition) is 5. The number of nitrogens with zero attached hydrogens (tertiary/aromatic N) is 2. The number of benzene rings is 1. The monoisotopic (exact) mass is 371 g/mol.